The van der Waals surface area contributed by atoms with E-state index in [2.05, 4.69) is 19.7 Å². The highest BCUT2D eigenvalue weighted by Crippen LogP contribution is 2.33. The molecule has 1 saturated heterocycles. The van der Waals surface area contributed by atoms with Gasteiger partial charge in [-0.3, -0.25) is 19.3 Å². The largest absolute Gasteiger partial charge is 0.433 e. The third-order valence-corrected chi connectivity index (χ3v) is 6.75. The van der Waals surface area contributed by atoms with Crippen molar-refractivity contribution in [2.75, 3.05) is 18.0 Å². The third kappa shape index (κ3) is 5.00. The number of para-hydroxylation sites is 1. The molecule has 0 saturated carbocycles. The molecule has 4 heterocycles. The van der Waals surface area contributed by atoms with Crippen LogP contribution in [-0.2, 0) is 6.54 Å². The molecule has 1 aliphatic rings. The van der Waals surface area contributed by atoms with Crippen LogP contribution in [0, 0.1) is 19.7 Å². The van der Waals surface area contributed by atoms with Gasteiger partial charge in [-0.05, 0) is 62.4 Å². The third-order valence-electron chi connectivity index (χ3n) is 6.75. The fourth-order valence-electron chi connectivity index (χ4n) is 5.01. The topological polar surface area (TPSA) is 73.1 Å². The average Bonchev–Trinajstić information content (AvgIpc) is 2.87. The van der Waals surface area contributed by atoms with Gasteiger partial charge in [0.25, 0.3) is 5.56 Å². The first kappa shape index (κ1) is 24.7. The lowest BCUT2D eigenvalue weighted by atomic mass is 9.89. The zero-order chi connectivity index (χ0) is 26.1. The van der Waals surface area contributed by atoms with Crippen molar-refractivity contribution in [3.05, 3.63) is 87.5 Å². The van der Waals surface area contributed by atoms with Crippen molar-refractivity contribution < 1.29 is 17.9 Å². The molecule has 0 atom stereocenters. The van der Waals surface area contributed by atoms with E-state index in [0.29, 0.717) is 54.0 Å². The normalized spacial score (nSPS) is 14.5. The summed E-state index contributed by atoms with van der Waals surface area (Å²) in [6.45, 7) is 1.72. The maximum absolute atomic E-state index is 14.5. The summed E-state index contributed by atoms with van der Waals surface area (Å²) in [5, 5.41) is 0. The van der Waals surface area contributed by atoms with Crippen LogP contribution in [-0.4, -0.2) is 39.2 Å². The van der Waals surface area contributed by atoms with Crippen LogP contribution >= 0.6 is 0 Å². The molecular weight excluding hydrogens is 483 g/mol. The van der Waals surface area contributed by atoms with Crippen LogP contribution < -0.4 is 15.2 Å². The van der Waals surface area contributed by atoms with E-state index in [1.54, 1.807) is 25.3 Å². The maximum Gasteiger partial charge on any atom is 0.387 e. The van der Waals surface area contributed by atoms with Gasteiger partial charge in [0, 0.05) is 31.0 Å². The molecule has 0 radical (unpaired) electrons. The van der Waals surface area contributed by atoms with Crippen molar-refractivity contribution in [2.24, 2.45) is 0 Å². The first-order valence-electron chi connectivity index (χ1n) is 12.1. The average molecular weight is 510 g/mol. The van der Waals surface area contributed by atoms with Crippen LogP contribution in [0.2, 0.25) is 0 Å². The first-order valence-corrected chi connectivity index (χ1v) is 12.1. The maximum atomic E-state index is 14.5. The van der Waals surface area contributed by atoms with E-state index in [0.717, 1.165) is 5.56 Å². The molecule has 1 aliphatic heterocycles. The summed E-state index contributed by atoms with van der Waals surface area (Å²) in [5.74, 6) is -0.429. The molecule has 1 aromatic carbocycles. The van der Waals surface area contributed by atoms with Gasteiger partial charge in [-0.1, -0.05) is 12.1 Å². The van der Waals surface area contributed by atoms with E-state index in [9.17, 15) is 18.0 Å². The number of nitrogens with zero attached hydrogens (tertiary/aromatic N) is 5. The van der Waals surface area contributed by atoms with Crippen LogP contribution in [0.3, 0.4) is 0 Å². The minimum absolute atomic E-state index is 0.0740. The fourth-order valence-corrected chi connectivity index (χ4v) is 5.01. The van der Waals surface area contributed by atoms with Gasteiger partial charge in [-0.2, -0.15) is 8.78 Å². The molecule has 5 rings (SSSR count). The van der Waals surface area contributed by atoms with Gasteiger partial charge in [-0.15, -0.1) is 0 Å². The van der Waals surface area contributed by atoms with Gasteiger partial charge >= 0.3 is 6.61 Å². The Balaban J connectivity index is 1.51. The summed E-state index contributed by atoms with van der Waals surface area (Å²) >= 11 is 0. The minimum atomic E-state index is -3.02. The number of hydrogen-bond donors (Lipinski definition) is 0. The number of benzene rings is 1. The molecule has 0 aliphatic carbocycles. The SMILES string of the molecule is Cc1cnc2cc(C3CCN(c4c(C)cccc4F)CC3)c(=O)n(Cc3ncccc3OC(F)F)c2n1. The highest BCUT2D eigenvalue weighted by atomic mass is 19.3. The highest BCUT2D eigenvalue weighted by Gasteiger charge is 2.27. The lowest BCUT2D eigenvalue weighted by molar-refractivity contribution is -0.0507. The van der Waals surface area contributed by atoms with Crippen molar-refractivity contribution in [1.29, 1.82) is 0 Å². The predicted octanol–water partition coefficient (Wildman–Crippen LogP) is 4.98. The molecule has 1 fully saturated rings. The van der Waals surface area contributed by atoms with Crippen molar-refractivity contribution in [1.82, 2.24) is 19.5 Å². The smallest absolute Gasteiger partial charge is 0.387 e. The van der Waals surface area contributed by atoms with Gasteiger partial charge in [0.15, 0.2) is 5.65 Å². The molecular formula is C27H26F3N5O2. The van der Waals surface area contributed by atoms with Gasteiger partial charge in [0.2, 0.25) is 0 Å². The predicted molar refractivity (Wildman–Crippen MR) is 134 cm³/mol. The lowest BCUT2D eigenvalue weighted by Gasteiger charge is -2.34. The first-order chi connectivity index (χ1) is 17.8. The second-order valence-corrected chi connectivity index (χ2v) is 9.20. The number of ether oxygens (including phenoxy) is 1. The highest BCUT2D eigenvalue weighted by molar-refractivity contribution is 5.71. The van der Waals surface area contributed by atoms with Crippen molar-refractivity contribution in [3.63, 3.8) is 0 Å². The summed E-state index contributed by atoms with van der Waals surface area (Å²) < 4.78 is 46.5. The second-order valence-electron chi connectivity index (χ2n) is 9.20. The number of pyridine rings is 2. The van der Waals surface area contributed by atoms with Crippen LogP contribution in [0.15, 0.2) is 53.6 Å². The summed E-state index contributed by atoms with van der Waals surface area (Å²) in [6, 6.07) is 9.69. The van der Waals surface area contributed by atoms with E-state index < -0.39 is 6.61 Å². The Morgan fingerprint density at radius 2 is 1.89 bits per heavy atom. The Bertz CT molecular complexity index is 1480. The van der Waals surface area contributed by atoms with Crippen LogP contribution in [0.4, 0.5) is 18.9 Å². The molecule has 3 aromatic heterocycles. The second kappa shape index (κ2) is 10.2. The Morgan fingerprint density at radius 3 is 2.62 bits per heavy atom. The Morgan fingerprint density at radius 1 is 1.11 bits per heavy atom. The number of piperidine rings is 1. The van der Waals surface area contributed by atoms with E-state index in [-0.39, 0.29) is 35.3 Å². The molecule has 0 unspecified atom stereocenters. The summed E-state index contributed by atoms with van der Waals surface area (Å²) in [5.41, 5.74) is 3.45. The van der Waals surface area contributed by atoms with Gasteiger partial charge in [0.05, 0.1) is 17.9 Å². The summed E-state index contributed by atoms with van der Waals surface area (Å²) in [7, 11) is 0. The molecule has 37 heavy (non-hydrogen) atoms. The standard InChI is InChI=1S/C27H26F3N5O2/c1-16-5-3-6-20(28)24(16)34-11-8-18(9-12-34)19-13-21-25(33-17(2)14-32-21)35(26(19)36)15-22-23(37-27(29)30)7-4-10-31-22/h3-7,10,13-14,18,27H,8-9,11-12,15H2,1-2H3. The zero-order valence-corrected chi connectivity index (χ0v) is 20.5. The molecule has 0 amide bonds. The number of halogens is 3. The quantitative estimate of drug-likeness (QED) is 0.365. The number of fused-ring (bicyclic) bond motifs is 1. The molecule has 0 bridgehead atoms. The molecule has 4 aromatic rings. The molecule has 0 N–H and O–H groups in total. The molecule has 192 valence electrons. The Hall–Kier alpha value is -3.95. The summed E-state index contributed by atoms with van der Waals surface area (Å²) in [4.78, 5) is 29.0. The van der Waals surface area contributed by atoms with E-state index in [1.807, 2.05) is 17.9 Å². The number of aromatic nitrogens is 4. The fraction of sp³-hybridized carbons (Fsp3) is 0.333. The Kier molecular flexibility index (Phi) is 6.82. The van der Waals surface area contributed by atoms with E-state index in [1.165, 1.54) is 29.0 Å². The molecule has 10 heteroatoms. The van der Waals surface area contributed by atoms with Gasteiger partial charge in [0.1, 0.15) is 22.8 Å². The van der Waals surface area contributed by atoms with Crippen LogP contribution in [0.5, 0.6) is 5.75 Å². The van der Waals surface area contributed by atoms with Gasteiger partial charge in [-0.25, -0.2) is 9.37 Å². The molecule has 7 nitrogen and oxygen atoms in total. The van der Waals surface area contributed by atoms with E-state index in [4.69, 9.17) is 0 Å². The number of alkyl halides is 2. The van der Waals surface area contributed by atoms with Crippen molar-refractivity contribution in [3.8, 4) is 5.75 Å². The van der Waals surface area contributed by atoms with Crippen LogP contribution in [0.1, 0.15) is 41.3 Å². The van der Waals surface area contributed by atoms with Crippen molar-refractivity contribution in [2.45, 2.75) is 45.8 Å². The number of anilines is 1. The van der Waals surface area contributed by atoms with E-state index >= 15 is 0 Å². The summed E-state index contributed by atoms with van der Waals surface area (Å²) in [6.07, 6.45) is 4.38. The van der Waals surface area contributed by atoms with Crippen LogP contribution in [0.25, 0.3) is 11.2 Å². The molecule has 0 spiro atoms. The monoisotopic (exact) mass is 509 g/mol. The van der Waals surface area contributed by atoms with Gasteiger partial charge < -0.3 is 9.64 Å². The number of aryl methyl sites for hydroxylation is 2. The number of hydrogen-bond acceptors (Lipinski definition) is 6. The minimum Gasteiger partial charge on any atom is -0.433 e. The zero-order valence-electron chi connectivity index (χ0n) is 20.5. The lowest BCUT2D eigenvalue weighted by Crippen LogP contribution is -2.36. The Labute approximate surface area is 211 Å². The van der Waals surface area contributed by atoms with Crippen molar-refractivity contribution >= 4 is 16.9 Å². The number of rotatable bonds is 6.